The van der Waals surface area contributed by atoms with Crippen LogP contribution in [0.15, 0.2) is 54.6 Å². The minimum Gasteiger partial charge on any atom is -0.319 e. The second kappa shape index (κ2) is 6.46. The zero-order valence-electron chi connectivity index (χ0n) is 14.0. The number of carbonyl (C=O) groups excluding carboxylic acids is 1. The largest absolute Gasteiger partial charge is 0.319 e. The Bertz CT molecular complexity index is 760. The van der Waals surface area contributed by atoms with Crippen molar-refractivity contribution in [1.29, 1.82) is 5.26 Å². The van der Waals surface area contributed by atoms with Gasteiger partial charge in [-0.15, -0.1) is 0 Å². The maximum Gasteiger partial charge on any atom is 0.241 e. The lowest BCUT2D eigenvalue weighted by molar-refractivity contribution is -0.132. The molecule has 0 aliphatic carbocycles. The molecule has 1 saturated heterocycles. The Morgan fingerprint density at radius 2 is 1.75 bits per heavy atom. The molecule has 0 radical (unpaired) electrons. The molecule has 2 aromatic carbocycles. The van der Waals surface area contributed by atoms with Gasteiger partial charge in [0.15, 0.2) is 0 Å². The van der Waals surface area contributed by atoms with E-state index in [1.807, 2.05) is 61.2 Å². The molecule has 0 bridgehead atoms. The molecule has 3 rings (SSSR count). The van der Waals surface area contributed by atoms with Crippen LogP contribution in [-0.2, 0) is 17.8 Å². The first-order valence-corrected chi connectivity index (χ1v) is 8.12. The first-order chi connectivity index (χ1) is 11.5. The maximum absolute atomic E-state index is 12.9. The third-order valence-corrected chi connectivity index (χ3v) is 4.47. The van der Waals surface area contributed by atoms with Crippen molar-refractivity contribution in [2.75, 3.05) is 0 Å². The topological polar surface area (TPSA) is 56.1 Å². The predicted octanol–water partition coefficient (Wildman–Crippen LogP) is 2.84. The van der Waals surface area contributed by atoms with Crippen molar-refractivity contribution in [3.63, 3.8) is 0 Å². The van der Waals surface area contributed by atoms with Crippen molar-refractivity contribution in [3.05, 3.63) is 71.3 Å². The van der Waals surface area contributed by atoms with Crippen LogP contribution < -0.4 is 5.32 Å². The number of nitriles is 1. The highest BCUT2D eigenvalue weighted by Crippen LogP contribution is 2.25. The molecule has 24 heavy (non-hydrogen) atoms. The number of nitrogens with one attached hydrogen (secondary N) is 1. The lowest BCUT2D eigenvalue weighted by Gasteiger charge is -2.31. The fourth-order valence-electron chi connectivity index (χ4n) is 3.16. The zero-order chi connectivity index (χ0) is 17.2. The number of hydrogen-bond donors (Lipinski definition) is 1. The number of benzene rings is 2. The number of carbonyl (C=O) groups is 1. The van der Waals surface area contributed by atoms with Crippen molar-refractivity contribution in [1.82, 2.24) is 10.2 Å². The molecular formula is C20H21N3O. The van der Waals surface area contributed by atoms with Crippen LogP contribution in [0, 0.1) is 11.3 Å². The van der Waals surface area contributed by atoms with E-state index >= 15 is 0 Å². The lowest BCUT2D eigenvalue weighted by atomic mass is 10.0. The summed E-state index contributed by atoms with van der Waals surface area (Å²) in [5.74, 6) is 0.119. The van der Waals surface area contributed by atoms with E-state index in [1.54, 1.807) is 12.1 Å². The molecule has 0 aromatic heterocycles. The second-order valence-corrected chi connectivity index (χ2v) is 6.68. The first kappa shape index (κ1) is 16.2. The Kier molecular flexibility index (Phi) is 4.37. The fourth-order valence-corrected chi connectivity index (χ4v) is 3.16. The fraction of sp³-hybridized carbons (Fsp3) is 0.300. The monoisotopic (exact) mass is 319 g/mol. The summed E-state index contributed by atoms with van der Waals surface area (Å²) in [6.45, 7) is 4.67. The van der Waals surface area contributed by atoms with Gasteiger partial charge in [0.2, 0.25) is 5.91 Å². The smallest absolute Gasteiger partial charge is 0.241 e. The molecule has 1 heterocycles. The highest BCUT2D eigenvalue weighted by Gasteiger charge is 2.43. The van der Waals surface area contributed by atoms with Gasteiger partial charge in [0.05, 0.1) is 23.3 Å². The average Bonchev–Trinajstić information content (AvgIpc) is 2.79. The van der Waals surface area contributed by atoms with E-state index in [9.17, 15) is 4.79 Å². The molecule has 1 aliphatic heterocycles. The van der Waals surface area contributed by atoms with E-state index in [0.29, 0.717) is 18.5 Å². The predicted molar refractivity (Wildman–Crippen MR) is 92.9 cm³/mol. The van der Waals surface area contributed by atoms with Gasteiger partial charge in [0, 0.05) is 6.54 Å². The van der Waals surface area contributed by atoms with Gasteiger partial charge in [-0.25, -0.2) is 0 Å². The molecule has 122 valence electrons. The van der Waals surface area contributed by atoms with Crippen LogP contribution in [0.3, 0.4) is 0 Å². The number of amides is 1. The van der Waals surface area contributed by atoms with Crippen LogP contribution in [0.2, 0.25) is 0 Å². The molecule has 1 amide bonds. The summed E-state index contributed by atoms with van der Waals surface area (Å²) >= 11 is 0. The molecule has 0 saturated carbocycles. The summed E-state index contributed by atoms with van der Waals surface area (Å²) in [7, 11) is 0. The summed E-state index contributed by atoms with van der Waals surface area (Å²) in [5, 5.41) is 12.3. The molecule has 1 aliphatic rings. The van der Waals surface area contributed by atoms with Crippen LogP contribution in [-0.4, -0.2) is 22.5 Å². The third kappa shape index (κ3) is 3.32. The van der Waals surface area contributed by atoms with Gasteiger partial charge in [-0.05, 0) is 43.5 Å². The Balaban J connectivity index is 1.74. The quantitative estimate of drug-likeness (QED) is 0.943. The summed E-state index contributed by atoms with van der Waals surface area (Å²) in [5.41, 5.74) is 2.43. The minimum atomic E-state index is -0.385. The first-order valence-electron chi connectivity index (χ1n) is 8.12. The third-order valence-electron chi connectivity index (χ3n) is 4.47. The lowest BCUT2D eigenvalue weighted by Crippen LogP contribution is -2.46. The Morgan fingerprint density at radius 3 is 2.38 bits per heavy atom. The summed E-state index contributed by atoms with van der Waals surface area (Å²) in [6, 6.07) is 19.3. The highest BCUT2D eigenvalue weighted by atomic mass is 16.2. The average molecular weight is 319 g/mol. The number of rotatable bonds is 4. The minimum absolute atomic E-state index is 0.119. The molecular weight excluding hydrogens is 298 g/mol. The summed E-state index contributed by atoms with van der Waals surface area (Å²) < 4.78 is 0. The Morgan fingerprint density at radius 1 is 1.08 bits per heavy atom. The normalized spacial score (nSPS) is 19.3. The van der Waals surface area contributed by atoms with Crippen molar-refractivity contribution in [3.8, 4) is 6.07 Å². The molecule has 4 nitrogen and oxygen atoms in total. The van der Waals surface area contributed by atoms with Gasteiger partial charge < -0.3 is 4.90 Å². The van der Waals surface area contributed by atoms with Gasteiger partial charge in [0.1, 0.15) is 0 Å². The van der Waals surface area contributed by atoms with E-state index in [0.717, 1.165) is 11.1 Å². The molecule has 0 spiro atoms. The van der Waals surface area contributed by atoms with Gasteiger partial charge in [-0.3, -0.25) is 10.1 Å². The van der Waals surface area contributed by atoms with Crippen LogP contribution in [0.1, 0.15) is 30.5 Å². The van der Waals surface area contributed by atoms with Crippen LogP contribution in [0.5, 0.6) is 0 Å². The van der Waals surface area contributed by atoms with Crippen molar-refractivity contribution in [2.45, 2.75) is 38.5 Å². The molecule has 1 fully saturated rings. The van der Waals surface area contributed by atoms with Gasteiger partial charge in [-0.2, -0.15) is 5.26 Å². The van der Waals surface area contributed by atoms with Crippen molar-refractivity contribution in [2.24, 2.45) is 0 Å². The maximum atomic E-state index is 12.9. The van der Waals surface area contributed by atoms with Crippen LogP contribution in [0.4, 0.5) is 0 Å². The van der Waals surface area contributed by atoms with Crippen LogP contribution >= 0.6 is 0 Å². The molecule has 1 N–H and O–H groups in total. The number of nitrogens with zero attached hydrogens (tertiary/aromatic N) is 2. The zero-order valence-corrected chi connectivity index (χ0v) is 14.0. The Labute approximate surface area is 142 Å². The van der Waals surface area contributed by atoms with E-state index in [-0.39, 0.29) is 17.6 Å². The summed E-state index contributed by atoms with van der Waals surface area (Å²) in [4.78, 5) is 14.8. The second-order valence-electron chi connectivity index (χ2n) is 6.68. The van der Waals surface area contributed by atoms with Gasteiger partial charge in [0.25, 0.3) is 0 Å². The molecule has 2 aromatic rings. The summed E-state index contributed by atoms with van der Waals surface area (Å²) in [6.07, 6.45) is 0.624. The highest BCUT2D eigenvalue weighted by molar-refractivity contribution is 5.85. The SMILES string of the molecule is CC1(C)N[C@@H](Cc2ccc(C#N)cc2)C(=O)N1Cc1ccccc1. The van der Waals surface area contributed by atoms with Gasteiger partial charge >= 0.3 is 0 Å². The molecule has 4 heteroatoms. The molecule has 1 atom stereocenters. The van der Waals surface area contributed by atoms with E-state index in [1.165, 1.54) is 0 Å². The standard InChI is InChI=1S/C20H21N3O/c1-20(2)22-18(12-15-8-10-16(13-21)11-9-15)19(24)23(20)14-17-6-4-3-5-7-17/h3-11,18,22H,12,14H2,1-2H3/t18-/m0/s1. The number of hydrogen-bond acceptors (Lipinski definition) is 3. The molecule has 0 unspecified atom stereocenters. The van der Waals surface area contributed by atoms with Crippen molar-refractivity contribution < 1.29 is 4.79 Å². The van der Waals surface area contributed by atoms with E-state index < -0.39 is 0 Å². The van der Waals surface area contributed by atoms with E-state index in [4.69, 9.17) is 5.26 Å². The van der Waals surface area contributed by atoms with Gasteiger partial charge in [-0.1, -0.05) is 42.5 Å². The van der Waals surface area contributed by atoms with Crippen molar-refractivity contribution >= 4 is 5.91 Å². The Hall–Kier alpha value is -2.64. The van der Waals surface area contributed by atoms with E-state index in [2.05, 4.69) is 11.4 Å². The van der Waals surface area contributed by atoms with Crippen LogP contribution in [0.25, 0.3) is 0 Å².